The standard InChI is InChI=1S/C12H18N4/c1-16-6-5-11-9(8-16)7-12(15-14-11)13-10-3-2-4-10/h7,10H,2-6,8H2,1H3,(H,13,15). The third kappa shape index (κ3) is 1.89. The van der Waals surface area contributed by atoms with Gasteiger partial charge in [-0.15, -0.1) is 5.10 Å². The van der Waals surface area contributed by atoms with E-state index in [1.54, 1.807) is 0 Å². The van der Waals surface area contributed by atoms with Crippen LogP contribution in [0.2, 0.25) is 0 Å². The predicted molar refractivity (Wildman–Crippen MR) is 63.3 cm³/mol. The molecule has 16 heavy (non-hydrogen) atoms. The van der Waals surface area contributed by atoms with E-state index in [2.05, 4.69) is 33.5 Å². The van der Waals surface area contributed by atoms with Crippen LogP contribution >= 0.6 is 0 Å². The highest BCUT2D eigenvalue weighted by Crippen LogP contribution is 2.24. The van der Waals surface area contributed by atoms with E-state index in [9.17, 15) is 0 Å². The highest BCUT2D eigenvalue weighted by molar-refractivity contribution is 5.40. The molecule has 1 aliphatic carbocycles. The molecule has 0 amide bonds. The molecule has 1 saturated carbocycles. The number of aromatic nitrogens is 2. The summed E-state index contributed by atoms with van der Waals surface area (Å²) >= 11 is 0. The zero-order valence-electron chi connectivity index (χ0n) is 9.74. The van der Waals surface area contributed by atoms with Gasteiger partial charge in [-0.05, 0) is 37.9 Å². The summed E-state index contributed by atoms with van der Waals surface area (Å²) in [6.07, 6.45) is 4.93. The largest absolute Gasteiger partial charge is 0.366 e. The molecule has 1 aromatic heterocycles. The lowest BCUT2D eigenvalue weighted by molar-refractivity contribution is 0.308. The van der Waals surface area contributed by atoms with Crippen LogP contribution in [0.3, 0.4) is 0 Å². The Hall–Kier alpha value is -1.16. The second kappa shape index (κ2) is 4.01. The second-order valence-electron chi connectivity index (χ2n) is 4.96. The van der Waals surface area contributed by atoms with Crippen molar-refractivity contribution in [3.8, 4) is 0 Å². The van der Waals surface area contributed by atoms with Gasteiger partial charge in [0.05, 0.1) is 5.69 Å². The first-order chi connectivity index (χ1) is 7.81. The van der Waals surface area contributed by atoms with Gasteiger partial charge in [0.2, 0.25) is 0 Å². The Labute approximate surface area is 96.1 Å². The van der Waals surface area contributed by atoms with Crippen molar-refractivity contribution in [1.82, 2.24) is 15.1 Å². The van der Waals surface area contributed by atoms with Crippen molar-refractivity contribution in [1.29, 1.82) is 0 Å². The maximum absolute atomic E-state index is 4.33. The summed E-state index contributed by atoms with van der Waals surface area (Å²) in [4.78, 5) is 2.33. The van der Waals surface area contributed by atoms with Crippen LogP contribution in [-0.4, -0.2) is 34.7 Å². The highest BCUT2D eigenvalue weighted by Gasteiger charge is 2.19. The Balaban J connectivity index is 1.77. The molecule has 0 unspecified atom stereocenters. The van der Waals surface area contributed by atoms with Crippen LogP contribution in [0.15, 0.2) is 6.07 Å². The third-order valence-electron chi connectivity index (χ3n) is 3.59. The van der Waals surface area contributed by atoms with Crippen molar-refractivity contribution in [3.63, 3.8) is 0 Å². The molecule has 0 bridgehead atoms. The van der Waals surface area contributed by atoms with Gasteiger partial charge >= 0.3 is 0 Å². The van der Waals surface area contributed by atoms with Gasteiger partial charge < -0.3 is 10.2 Å². The number of nitrogens with zero attached hydrogens (tertiary/aromatic N) is 3. The van der Waals surface area contributed by atoms with Gasteiger partial charge in [0.1, 0.15) is 5.82 Å². The van der Waals surface area contributed by atoms with Gasteiger partial charge in [0.25, 0.3) is 0 Å². The topological polar surface area (TPSA) is 41.1 Å². The van der Waals surface area contributed by atoms with Crippen LogP contribution in [-0.2, 0) is 13.0 Å². The van der Waals surface area contributed by atoms with Crippen molar-refractivity contribution >= 4 is 5.82 Å². The predicted octanol–water partition coefficient (Wildman–Crippen LogP) is 1.43. The van der Waals surface area contributed by atoms with E-state index >= 15 is 0 Å². The molecule has 4 heteroatoms. The fourth-order valence-electron chi connectivity index (χ4n) is 2.30. The van der Waals surface area contributed by atoms with Crippen molar-refractivity contribution in [2.24, 2.45) is 0 Å². The van der Waals surface area contributed by atoms with Gasteiger partial charge in [-0.2, -0.15) is 5.10 Å². The van der Waals surface area contributed by atoms with Gasteiger partial charge in [-0.25, -0.2) is 0 Å². The lowest BCUT2D eigenvalue weighted by Crippen LogP contribution is -2.30. The Morgan fingerprint density at radius 2 is 2.25 bits per heavy atom. The number of rotatable bonds is 2. The second-order valence-corrected chi connectivity index (χ2v) is 4.96. The molecule has 0 radical (unpaired) electrons. The fraction of sp³-hybridized carbons (Fsp3) is 0.667. The molecule has 1 N–H and O–H groups in total. The van der Waals surface area contributed by atoms with E-state index in [0.29, 0.717) is 6.04 Å². The molecule has 2 heterocycles. The highest BCUT2D eigenvalue weighted by atomic mass is 15.2. The van der Waals surface area contributed by atoms with E-state index in [-0.39, 0.29) is 0 Å². The van der Waals surface area contributed by atoms with E-state index < -0.39 is 0 Å². The smallest absolute Gasteiger partial charge is 0.149 e. The maximum Gasteiger partial charge on any atom is 0.149 e. The van der Waals surface area contributed by atoms with Gasteiger partial charge in [-0.3, -0.25) is 0 Å². The maximum atomic E-state index is 4.33. The monoisotopic (exact) mass is 218 g/mol. The SMILES string of the molecule is CN1CCc2nnc(NC3CCC3)cc2C1. The first kappa shape index (κ1) is 10.0. The number of likely N-dealkylation sites (N-methyl/N-ethyl adjacent to an activating group) is 1. The van der Waals surface area contributed by atoms with Crippen LogP contribution < -0.4 is 5.32 Å². The molecule has 3 rings (SSSR count). The molecule has 2 aliphatic rings. The Morgan fingerprint density at radius 1 is 1.38 bits per heavy atom. The first-order valence-electron chi connectivity index (χ1n) is 6.12. The number of nitrogens with one attached hydrogen (secondary N) is 1. The molecule has 86 valence electrons. The summed E-state index contributed by atoms with van der Waals surface area (Å²) in [6, 6.07) is 2.81. The normalized spacial score (nSPS) is 21.3. The lowest BCUT2D eigenvalue weighted by atomic mass is 9.93. The minimum absolute atomic E-state index is 0.633. The molecular weight excluding hydrogens is 200 g/mol. The average Bonchev–Trinajstić information content (AvgIpc) is 2.23. The van der Waals surface area contributed by atoms with Crippen LogP contribution in [0.4, 0.5) is 5.82 Å². The molecule has 1 fully saturated rings. The Morgan fingerprint density at radius 3 is 3.00 bits per heavy atom. The molecule has 1 aromatic rings. The van der Waals surface area contributed by atoms with Crippen molar-refractivity contribution in [3.05, 3.63) is 17.3 Å². The van der Waals surface area contributed by atoms with Crippen LogP contribution in [0, 0.1) is 0 Å². The summed E-state index contributed by atoms with van der Waals surface area (Å²) in [6.45, 7) is 2.10. The lowest BCUT2D eigenvalue weighted by Gasteiger charge is -2.28. The zero-order chi connectivity index (χ0) is 11.0. The summed E-state index contributed by atoms with van der Waals surface area (Å²) in [7, 11) is 2.16. The van der Waals surface area contributed by atoms with E-state index in [0.717, 1.165) is 25.3 Å². The van der Waals surface area contributed by atoms with Crippen LogP contribution in [0.5, 0.6) is 0 Å². The van der Waals surface area contributed by atoms with E-state index in [1.165, 1.54) is 30.5 Å². The Kier molecular flexibility index (Phi) is 2.52. The van der Waals surface area contributed by atoms with Crippen LogP contribution in [0.25, 0.3) is 0 Å². The van der Waals surface area contributed by atoms with Gasteiger partial charge in [0, 0.05) is 25.6 Å². The average molecular weight is 218 g/mol. The zero-order valence-corrected chi connectivity index (χ0v) is 9.74. The minimum atomic E-state index is 0.633. The number of hydrogen-bond donors (Lipinski definition) is 1. The minimum Gasteiger partial charge on any atom is -0.366 e. The van der Waals surface area contributed by atoms with Gasteiger partial charge in [-0.1, -0.05) is 0 Å². The Bertz CT molecular complexity index is 387. The molecule has 0 spiro atoms. The molecule has 0 atom stereocenters. The number of hydrogen-bond acceptors (Lipinski definition) is 4. The summed E-state index contributed by atoms with van der Waals surface area (Å²) < 4.78 is 0. The number of fused-ring (bicyclic) bond motifs is 1. The quantitative estimate of drug-likeness (QED) is 0.815. The molecular formula is C12H18N4. The first-order valence-corrected chi connectivity index (χ1v) is 6.12. The van der Waals surface area contributed by atoms with Crippen molar-refractivity contribution < 1.29 is 0 Å². The van der Waals surface area contributed by atoms with Crippen molar-refractivity contribution in [2.75, 3.05) is 18.9 Å². The van der Waals surface area contributed by atoms with Crippen LogP contribution in [0.1, 0.15) is 30.5 Å². The summed E-state index contributed by atoms with van der Waals surface area (Å²) in [5.41, 5.74) is 2.52. The molecule has 0 saturated heterocycles. The molecule has 1 aliphatic heterocycles. The number of anilines is 1. The molecule has 4 nitrogen and oxygen atoms in total. The van der Waals surface area contributed by atoms with Gasteiger partial charge in [0.15, 0.2) is 0 Å². The van der Waals surface area contributed by atoms with E-state index in [1.807, 2.05) is 0 Å². The van der Waals surface area contributed by atoms with Crippen molar-refractivity contribution in [2.45, 2.75) is 38.3 Å². The van der Waals surface area contributed by atoms with E-state index in [4.69, 9.17) is 0 Å². The summed E-state index contributed by atoms with van der Waals surface area (Å²) in [5, 5.41) is 12.0. The molecule has 0 aromatic carbocycles. The summed E-state index contributed by atoms with van der Waals surface area (Å²) in [5.74, 6) is 0.957. The third-order valence-corrected chi connectivity index (χ3v) is 3.59. The fourth-order valence-corrected chi connectivity index (χ4v) is 2.30.